The van der Waals surface area contributed by atoms with E-state index in [4.69, 9.17) is 5.73 Å². The van der Waals surface area contributed by atoms with Crippen LogP contribution in [0.4, 0.5) is 0 Å². The zero-order valence-corrected chi connectivity index (χ0v) is 11.6. The molecular weight excluding hydrogens is 236 g/mol. The van der Waals surface area contributed by atoms with Crippen LogP contribution in [0.2, 0.25) is 0 Å². The van der Waals surface area contributed by atoms with E-state index in [2.05, 4.69) is 12.2 Å². The number of nitrogens with two attached hydrogens (primary N) is 1. The Morgan fingerprint density at radius 2 is 2.05 bits per heavy atom. The number of carbonyl (C=O) groups excluding carboxylic acids is 1. The summed E-state index contributed by atoms with van der Waals surface area (Å²) in [5, 5.41) is 3.02. The Kier molecular flexibility index (Phi) is 4.97. The SMILES string of the molecule is CCCC(C(=O)NCC(N)C1CC1)c1ccccc1. The highest BCUT2D eigenvalue weighted by Crippen LogP contribution is 2.31. The molecule has 1 aliphatic carbocycles. The molecule has 1 saturated carbocycles. The van der Waals surface area contributed by atoms with E-state index in [9.17, 15) is 4.79 Å². The second-order valence-corrected chi connectivity index (χ2v) is 5.50. The van der Waals surface area contributed by atoms with Crippen molar-refractivity contribution in [2.75, 3.05) is 6.54 Å². The average molecular weight is 260 g/mol. The Balaban J connectivity index is 1.92. The second-order valence-electron chi connectivity index (χ2n) is 5.50. The van der Waals surface area contributed by atoms with Gasteiger partial charge in [0.2, 0.25) is 5.91 Å². The van der Waals surface area contributed by atoms with Crippen LogP contribution in [-0.4, -0.2) is 18.5 Å². The van der Waals surface area contributed by atoms with Crippen LogP contribution in [0, 0.1) is 5.92 Å². The summed E-state index contributed by atoms with van der Waals surface area (Å²) >= 11 is 0. The third kappa shape index (κ3) is 4.06. The van der Waals surface area contributed by atoms with Crippen molar-refractivity contribution < 1.29 is 4.79 Å². The molecule has 2 unspecified atom stereocenters. The van der Waals surface area contributed by atoms with Gasteiger partial charge in [0.25, 0.3) is 0 Å². The maximum atomic E-state index is 12.3. The van der Waals surface area contributed by atoms with E-state index in [0.29, 0.717) is 12.5 Å². The minimum atomic E-state index is -0.0439. The van der Waals surface area contributed by atoms with Gasteiger partial charge in [-0.15, -0.1) is 0 Å². The van der Waals surface area contributed by atoms with Gasteiger partial charge >= 0.3 is 0 Å². The van der Waals surface area contributed by atoms with Gasteiger partial charge in [-0.1, -0.05) is 43.7 Å². The van der Waals surface area contributed by atoms with Gasteiger partial charge in [-0.25, -0.2) is 0 Å². The second kappa shape index (κ2) is 6.71. The van der Waals surface area contributed by atoms with Gasteiger partial charge in [-0.05, 0) is 30.7 Å². The lowest BCUT2D eigenvalue weighted by Crippen LogP contribution is -2.40. The quantitative estimate of drug-likeness (QED) is 0.791. The van der Waals surface area contributed by atoms with E-state index in [1.165, 1.54) is 12.8 Å². The third-order valence-corrected chi connectivity index (χ3v) is 3.84. The zero-order chi connectivity index (χ0) is 13.7. The predicted octanol–water partition coefficient (Wildman–Crippen LogP) is 2.42. The first-order valence-corrected chi connectivity index (χ1v) is 7.30. The summed E-state index contributed by atoms with van der Waals surface area (Å²) in [7, 11) is 0. The largest absolute Gasteiger partial charge is 0.354 e. The number of hydrogen-bond acceptors (Lipinski definition) is 2. The molecule has 0 aliphatic heterocycles. The van der Waals surface area contributed by atoms with Crippen LogP contribution in [0.15, 0.2) is 30.3 Å². The topological polar surface area (TPSA) is 55.1 Å². The molecule has 19 heavy (non-hydrogen) atoms. The molecule has 104 valence electrons. The molecule has 3 heteroatoms. The summed E-state index contributed by atoms with van der Waals surface area (Å²) in [4.78, 5) is 12.3. The first-order chi connectivity index (χ1) is 9.22. The van der Waals surface area contributed by atoms with Crippen molar-refractivity contribution in [2.24, 2.45) is 11.7 Å². The number of amides is 1. The first kappa shape index (κ1) is 14.1. The molecule has 0 heterocycles. The zero-order valence-electron chi connectivity index (χ0n) is 11.6. The van der Waals surface area contributed by atoms with E-state index in [-0.39, 0.29) is 17.9 Å². The Hall–Kier alpha value is -1.35. The minimum Gasteiger partial charge on any atom is -0.354 e. The number of rotatable bonds is 7. The van der Waals surface area contributed by atoms with Crippen LogP contribution >= 0.6 is 0 Å². The summed E-state index contributed by atoms with van der Waals surface area (Å²) in [5.41, 5.74) is 7.12. The number of carbonyl (C=O) groups is 1. The predicted molar refractivity (Wildman–Crippen MR) is 77.8 cm³/mol. The van der Waals surface area contributed by atoms with Crippen molar-refractivity contribution in [3.63, 3.8) is 0 Å². The molecule has 1 amide bonds. The fourth-order valence-corrected chi connectivity index (χ4v) is 2.46. The Morgan fingerprint density at radius 1 is 1.37 bits per heavy atom. The minimum absolute atomic E-state index is 0.0439. The summed E-state index contributed by atoms with van der Waals surface area (Å²) < 4.78 is 0. The van der Waals surface area contributed by atoms with Gasteiger partial charge in [-0.2, -0.15) is 0 Å². The monoisotopic (exact) mass is 260 g/mol. The molecule has 0 aromatic heterocycles. The summed E-state index contributed by atoms with van der Waals surface area (Å²) in [5.74, 6) is 0.698. The maximum absolute atomic E-state index is 12.3. The maximum Gasteiger partial charge on any atom is 0.227 e. The van der Waals surface area contributed by atoms with Gasteiger partial charge in [0, 0.05) is 12.6 Å². The third-order valence-electron chi connectivity index (χ3n) is 3.84. The molecule has 0 saturated heterocycles. The van der Waals surface area contributed by atoms with E-state index < -0.39 is 0 Å². The van der Waals surface area contributed by atoms with E-state index >= 15 is 0 Å². The molecule has 1 aliphatic rings. The molecule has 0 spiro atoms. The van der Waals surface area contributed by atoms with Crippen LogP contribution in [0.25, 0.3) is 0 Å². The van der Waals surface area contributed by atoms with Crippen LogP contribution in [0.3, 0.4) is 0 Å². The standard InChI is InChI=1S/C16H24N2O/c1-2-6-14(12-7-4-3-5-8-12)16(19)18-11-15(17)13-9-10-13/h3-5,7-8,13-15H,2,6,9-11,17H2,1H3,(H,18,19). The number of benzene rings is 1. The number of hydrogen-bond donors (Lipinski definition) is 2. The smallest absolute Gasteiger partial charge is 0.227 e. The van der Waals surface area contributed by atoms with Crippen LogP contribution < -0.4 is 11.1 Å². The first-order valence-electron chi connectivity index (χ1n) is 7.30. The Morgan fingerprint density at radius 3 is 2.63 bits per heavy atom. The normalized spacial score (nSPS) is 17.8. The van der Waals surface area contributed by atoms with Crippen LogP contribution in [-0.2, 0) is 4.79 Å². The van der Waals surface area contributed by atoms with E-state index in [1.807, 2.05) is 30.3 Å². The Labute approximate surface area is 115 Å². The number of nitrogens with one attached hydrogen (secondary N) is 1. The van der Waals surface area contributed by atoms with Gasteiger partial charge in [0.05, 0.1) is 5.92 Å². The lowest BCUT2D eigenvalue weighted by atomic mass is 9.93. The fraction of sp³-hybridized carbons (Fsp3) is 0.562. The van der Waals surface area contributed by atoms with Gasteiger partial charge < -0.3 is 11.1 Å². The molecule has 2 rings (SSSR count). The van der Waals surface area contributed by atoms with Gasteiger partial charge in [-0.3, -0.25) is 4.79 Å². The van der Waals surface area contributed by atoms with E-state index in [0.717, 1.165) is 18.4 Å². The fourth-order valence-electron chi connectivity index (χ4n) is 2.46. The van der Waals surface area contributed by atoms with Crippen LogP contribution in [0.1, 0.15) is 44.1 Å². The highest BCUT2D eigenvalue weighted by molar-refractivity contribution is 5.83. The highest BCUT2D eigenvalue weighted by atomic mass is 16.1. The molecular formula is C16H24N2O. The highest BCUT2D eigenvalue weighted by Gasteiger charge is 2.29. The summed E-state index contributed by atoms with van der Waals surface area (Å²) in [6, 6.07) is 10.1. The molecule has 3 N–H and O–H groups in total. The molecule has 1 aromatic carbocycles. The molecule has 2 atom stereocenters. The van der Waals surface area contributed by atoms with Crippen molar-refractivity contribution in [1.29, 1.82) is 0 Å². The molecule has 3 nitrogen and oxygen atoms in total. The van der Waals surface area contributed by atoms with Crippen molar-refractivity contribution in [2.45, 2.75) is 44.6 Å². The van der Waals surface area contributed by atoms with Gasteiger partial charge in [0.15, 0.2) is 0 Å². The summed E-state index contributed by atoms with van der Waals surface area (Å²) in [6.45, 7) is 2.72. The molecule has 1 aromatic rings. The average Bonchev–Trinajstić information content (AvgIpc) is 3.27. The van der Waals surface area contributed by atoms with Crippen LogP contribution in [0.5, 0.6) is 0 Å². The molecule has 0 bridgehead atoms. The van der Waals surface area contributed by atoms with Crippen molar-refractivity contribution in [1.82, 2.24) is 5.32 Å². The van der Waals surface area contributed by atoms with Gasteiger partial charge in [0.1, 0.15) is 0 Å². The lowest BCUT2D eigenvalue weighted by Gasteiger charge is -2.18. The lowest BCUT2D eigenvalue weighted by molar-refractivity contribution is -0.122. The molecule has 1 fully saturated rings. The summed E-state index contributed by atoms with van der Waals surface area (Å²) in [6.07, 6.45) is 4.32. The van der Waals surface area contributed by atoms with E-state index in [1.54, 1.807) is 0 Å². The Bertz CT molecular complexity index is 400. The van der Waals surface area contributed by atoms with Crippen molar-refractivity contribution >= 4 is 5.91 Å². The van der Waals surface area contributed by atoms with Crippen molar-refractivity contribution in [3.8, 4) is 0 Å². The molecule has 0 radical (unpaired) electrons. The van der Waals surface area contributed by atoms with Crippen molar-refractivity contribution in [3.05, 3.63) is 35.9 Å².